The van der Waals surface area contributed by atoms with Crippen molar-refractivity contribution in [2.24, 2.45) is 0 Å². The SMILES string of the molecule is OC1CN[C@H](c2nc(Cc3cccc(F)c3)no2)C1. The van der Waals surface area contributed by atoms with E-state index in [9.17, 15) is 9.50 Å². The summed E-state index contributed by atoms with van der Waals surface area (Å²) in [5.74, 6) is 0.716. The fourth-order valence-corrected chi connectivity index (χ4v) is 2.22. The van der Waals surface area contributed by atoms with E-state index in [1.165, 1.54) is 12.1 Å². The predicted octanol–water partition coefficient (Wildman–Crippen LogP) is 1.19. The molecule has 0 radical (unpaired) electrons. The van der Waals surface area contributed by atoms with Crippen molar-refractivity contribution in [3.63, 3.8) is 0 Å². The Labute approximate surface area is 109 Å². The Morgan fingerprint density at radius 1 is 1.47 bits per heavy atom. The Kier molecular flexibility index (Phi) is 3.27. The molecule has 1 aromatic heterocycles. The van der Waals surface area contributed by atoms with E-state index in [0.29, 0.717) is 31.1 Å². The minimum absolute atomic E-state index is 0.0937. The normalized spacial score (nSPS) is 22.8. The van der Waals surface area contributed by atoms with Gasteiger partial charge in [-0.2, -0.15) is 4.98 Å². The van der Waals surface area contributed by atoms with Crippen LogP contribution in [0, 0.1) is 5.82 Å². The Hall–Kier alpha value is -1.79. The van der Waals surface area contributed by atoms with Crippen molar-refractivity contribution in [1.82, 2.24) is 15.5 Å². The van der Waals surface area contributed by atoms with Crippen LogP contribution in [0.1, 0.15) is 29.7 Å². The molecule has 3 rings (SSSR count). The Morgan fingerprint density at radius 2 is 2.37 bits per heavy atom. The van der Waals surface area contributed by atoms with Crippen LogP contribution < -0.4 is 5.32 Å². The molecular weight excluding hydrogens is 249 g/mol. The third kappa shape index (κ3) is 2.80. The maximum atomic E-state index is 13.1. The zero-order chi connectivity index (χ0) is 13.2. The lowest BCUT2D eigenvalue weighted by Crippen LogP contribution is -2.15. The van der Waals surface area contributed by atoms with Gasteiger partial charge >= 0.3 is 0 Å². The van der Waals surface area contributed by atoms with Gasteiger partial charge in [0.15, 0.2) is 5.82 Å². The summed E-state index contributed by atoms with van der Waals surface area (Å²) in [6.45, 7) is 0.534. The molecule has 2 heterocycles. The van der Waals surface area contributed by atoms with Gasteiger partial charge in [-0.25, -0.2) is 4.39 Å². The van der Waals surface area contributed by atoms with Crippen LogP contribution >= 0.6 is 0 Å². The molecule has 1 aliphatic rings. The minimum atomic E-state index is -0.372. The molecule has 1 aromatic carbocycles. The molecule has 6 heteroatoms. The van der Waals surface area contributed by atoms with Crippen LogP contribution in [0.3, 0.4) is 0 Å². The van der Waals surface area contributed by atoms with Crippen LogP contribution in [0.4, 0.5) is 4.39 Å². The summed E-state index contributed by atoms with van der Waals surface area (Å²) >= 11 is 0. The second kappa shape index (κ2) is 5.07. The molecule has 5 nitrogen and oxygen atoms in total. The predicted molar refractivity (Wildman–Crippen MR) is 64.9 cm³/mol. The van der Waals surface area contributed by atoms with Gasteiger partial charge in [0.25, 0.3) is 0 Å². The second-order valence-electron chi connectivity index (χ2n) is 4.71. The second-order valence-corrected chi connectivity index (χ2v) is 4.71. The number of nitrogens with one attached hydrogen (secondary N) is 1. The zero-order valence-corrected chi connectivity index (χ0v) is 10.2. The molecule has 19 heavy (non-hydrogen) atoms. The fourth-order valence-electron chi connectivity index (χ4n) is 2.22. The van der Waals surface area contributed by atoms with Gasteiger partial charge in [-0.05, 0) is 24.1 Å². The number of nitrogens with zero attached hydrogens (tertiary/aromatic N) is 2. The number of aliphatic hydroxyl groups excluding tert-OH is 1. The first-order valence-electron chi connectivity index (χ1n) is 6.19. The number of halogens is 1. The molecule has 1 unspecified atom stereocenters. The molecule has 1 fully saturated rings. The maximum absolute atomic E-state index is 13.1. The molecule has 2 aromatic rings. The lowest BCUT2D eigenvalue weighted by Gasteiger charge is -2.01. The van der Waals surface area contributed by atoms with Crippen molar-refractivity contribution in [3.8, 4) is 0 Å². The van der Waals surface area contributed by atoms with Gasteiger partial charge in [-0.3, -0.25) is 0 Å². The molecule has 0 spiro atoms. The van der Waals surface area contributed by atoms with E-state index in [1.807, 2.05) is 6.07 Å². The molecular formula is C13H14FN3O2. The van der Waals surface area contributed by atoms with E-state index < -0.39 is 0 Å². The Bertz CT molecular complexity index is 573. The first-order valence-corrected chi connectivity index (χ1v) is 6.19. The van der Waals surface area contributed by atoms with Gasteiger partial charge in [0.2, 0.25) is 5.89 Å². The first kappa shape index (κ1) is 12.3. The van der Waals surface area contributed by atoms with Gasteiger partial charge in [-0.1, -0.05) is 17.3 Å². The zero-order valence-electron chi connectivity index (χ0n) is 10.2. The van der Waals surface area contributed by atoms with Crippen LogP contribution in [0.2, 0.25) is 0 Å². The highest BCUT2D eigenvalue weighted by Crippen LogP contribution is 2.22. The highest BCUT2D eigenvalue weighted by molar-refractivity contribution is 5.19. The standard InChI is InChI=1S/C13H14FN3O2/c14-9-3-1-2-8(4-9)5-12-16-13(19-17-12)11-6-10(18)7-15-11/h1-4,10-11,15,18H,5-7H2/t10?,11-/m0/s1. The maximum Gasteiger partial charge on any atom is 0.243 e. The van der Waals surface area contributed by atoms with Crippen molar-refractivity contribution in [3.05, 3.63) is 47.4 Å². The first-order chi connectivity index (χ1) is 9.20. The molecule has 0 saturated carbocycles. The number of hydrogen-bond acceptors (Lipinski definition) is 5. The van der Waals surface area contributed by atoms with E-state index in [-0.39, 0.29) is 18.0 Å². The highest BCUT2D eigenvalue weighted by atomic mass is 19.1. The quantitative estimate of drug-likeness (QED) is 0.870. The summed E-state index contributed by atoms with van der Waals surface area (Å²) in [7, 11) is 0. The lowest BCUT2D eigenvalue weighted by atomic mass is 10.1. The van der Waals surface area contributed by atoms with Gasteiger partial charge < -0.3 is 14.9 Å². The lowest BCUT2D eigenvalue weighted by molar-refractivity contribution is 0.191. The fraction of sp³-hybridized carbons (Fsp3) is 0.385. The molecule has 1 saturated heterocycles. The monoisotopic (exact) mass is 263 g/mol. The van der Waals surface area contributed by atoms with Gasteiger partial charge in [0, 0.05) is 13.0 Å². The average molecular weight is 263 g/mol. The summed E-state index contributed by atoms with van der Waals surface area (Å²) in [5.41, 5.74) is 0.798. The van der Waals surface area contributed by atoms with Crippen molar-refractivity contribution in [2.45, 2.75) is 25.0 Å². The summed E-state index contributed by atoms with van der Waals surface area (Å²) < 4.78 is 18.2. The number of benzene rings is 1. The largest absolute Gasteiger partial charge is 0.392 e. The van der Waals surface area contributed by atoms with Gasteiger partial charge in [0.05, 0.1) is 12.1 Å². The van der Waals surface area contributed by atoms with E-state index >= 15 is 0 Å². The minimum Gasteiger partial charge on any atom is -0.392 e. The van der Waals surface area contributed by atoms with E-state index in [4.69, 9.17) is 4.52 Å². The smallest absolute Gasteiger partial charge is 0.243 e. The van der Waals surface area contributed by atoms with Crippen LogP contribution in [-0.4, -0.2) is 27.9 Å². The molecule has 1 aliphatic heterocycles. The van der Waals surface area contributed by atoms with Gasteiger partial charge in [-0.15, -0.1) is 0 Å². The summed E-state index contributed by atoms with van der Waals surface area (Å²) in [6, 6.07) is 6.23. The third-order valence-corrected chi connectivity index (χ3v) is 3.14. The Morgan fingerprint density at radius 3 is 3.11 bits per heavy atom. The van der Waals surface area contributed by atoms with Gasteiger partial charge in [0.1, 0.15) is 5.82 Å². The van der Waals surface area contributed by atoms with E-state index in [0.717, 1.165) is 5.56 Å². The number of rotatable bonds is 3. The van der Waals surface area contributed by atoms with Crippen molar-refractivity contribution < 1.29 is 14.0 Å². The van der Waals surface area contributed by atoms with Crippen LogP contribution in [-0.2, 0) is 6.42 Å². The summed E-state index contributed by atoms with van der Waals surface area (Å²) in [5, 5.41) is 16.4. The molecule has 2 atom stereocenters. The summed E-state index contributed by atoms with van der Waals surface area (Å²) in [6.07, 6.45) is 0.626. The molecule has 0 bridgehead atoms. The van der Waals surface area contributed by atoms with Crippen molar-refractivity contribution in [2.75, 3.05) is 6.54 Å². The van der Waals surface area contributed by atoms with Crippen molar-refractivity contribution in [1.29, 1.82) is 0 Å². The molecule has 0 aliphatic carbocycles. The van der Waals surface area contributed by atoms with Crippen LogP contribution in [0.15, 0.2) is 28.8 Å². The number of β-amino-alcohol motifs (C(OH)–C–C–N with tert-alkyl or cyclic N) is 1. The molecule has 100 valence electrons. The van der Waals surface area contributed by atoms with E-state index in [2.05, 4.69) is 15.5 Å². The number of hydrogen-bond donors (Lipinski definition) is 2. The highest BCUT2D eigenvalue weighted by Gasteiger charge is 2.28. The number of aromatic nitrogens is 2. The third-order valence-electron chi connectivity index (χ3n) is 3.14. The van der Waals surface area contributed by atoms with Crippen LogP contribution in [0.5, 0.6) is 0 Å². The number of aliphatic hydroxyl groups is 1. The van der Waals surface area contributed by atoms with E-state index in [1.54, 1.807) is 6.07 Å². The molecule has 2 N–H and O–H groups in total. The van der Waals surface area contributed by atoms with Crippen LogP contribution in [0.25, 0.3) is 0 Å². The Balaban J connectivity index is 1.71. The topological polar surface area (TPSA) is 71.2 Å². The average Bonchev–Trinajstić information content (AvgIpc) is 2.98. The van der Waals surface area contributed by atoms with Crippen molar-refractivity contribution >= 4 is 0 Å². The summed E-state index contributed by atoms with van der Waals surface area (Å²) in [4.78, 5) is 4.28. The molecule has 0 amide bonds.